The predicted molar refractivity (Wildman–Crippen MR) is 97.0 cm³/mol. The quantitative estimate of drug-likeness (QED) is 0.837. The minimum atomic E-state index is -0.333. The van der Waals surface area contributed by atoms with Gasteiger partial charge in [-0.2, -0.15) is 0 Å². The first-order valence-corrected chi connectivity index (χ1v) is 9.23. The average molecular weight is 362 g/mol. The molecule has 7 nitrogen and oxygen atoms in total. The Morgan fingerprint density at radius 2 is 2.12 bits per heavy atom. The Morgan fingerprint density at radius 3 is 2.80 bits per heavy atom. The van der Waals surface area contributed by atoms with E-state index in [2.05, 4.69) is 14.9 Å². The summed E-state index contributed by atoms with van der Waals surface area (Å²) in [7, 11) is 0. The number of esters is 1. The van der Waals surface area contributed by atoms with E-state index in [0.717, 1.165) is 41.0 Å². The Labute approximate surface area is 150 Å². The highest BCUT2D eigenvalue weighted by molar-refractivity contribution is 7.20. The third kappa shape index (κ3) is 3.30. The number of primary amides is 1. The lowest BCUT2D eigenvalue weighted by Gasteiger charge is -2.32. The largest absolute Gasteiger partial charge is 0.462 e. The van der Waals surface area contributed by atoms with Crippen molar-refractivity contribution < 1.29 is 14.3 Å². The number of aryl methyl sites for hydroxylation is 2. The molecule has 0 aromatic carbocycles. The van der Waals surface area contributed by atoms with Crippen LogP contribution in [0.3, 0.4) is 0 Å². The van der Waals surface area contributed by atoms with Crippen molar-refractivity contribution in [3.05, 3.63) is 16.3 Å². The summed E-state index contributed by atoms with van der Waals surface area (Å²) in [5.74, 6) is 0.627. The van der Waals surface area contributed by atoms with Gasteiger partial charge in [-0.3, -0.25) is 4.79 Å². The van der Waals surface area contributed by atoms with Crippen molar-refractivity contribution in [1.29, 1.82) is 0 Å². The number of piperidine rings is 1. The number of hydrogen-bond acceptors (Lipinski definition) is 7. The van der Waals surface area contributed by atoms with Gasteiger partial charge >= 0.3 is 5.97 Å². The number of amides is 1. The second-order valence-electron chi connectivity index (χ2n) is 6.24. The molecule has 1 amide bonds. The summed E-state index contributed by atoms with van der Waals surface area (Å²) < 4.78 is 5.15. The zero-order chi connectivity index (χ0) is 18.1. The van der Waals surface area contributed by atoms with Gasteiger partial charge in [0.05, 0.1) is 17.9 Å². The van der Waals surface area contributed by atoms with Crippen LogP contribution in [-0.4, -0.2) is 41.5 Å². The number of carbonyl (C=O) groups is 2. The highest BCUT2D eigenvalue weighted by Crippen LogP contribution is 2.37. The maximum Gasteiger partial charge on any atom is 0.348 e. The fourth-order valence-corrected chi connectivity index (χ4v) is 4.36. The molecule has 134 valence electrons. The normalized spacial score (nSPS) is 17.7. The Bertz CT molecular complexity index is 833. The summed E-state index contributed by atoms with van der Waals surface area (Å²) in [6.07, 6.45) is 1.68. The fraction of sp³-hybridized carbons (Fsp3) is 0.529. The molecule has 1 unspecified atom stereocenters. The van der Waals surface area contributed by atoms with Gasteiger partial charge in [-0.1, -0.05) is 0 Å². The monoisotopic (exact) mass is 362 g/mol. The highest BCUT2D eigenvalue weighted by atomic mass is 32.1. The number of ether oxygens (including phenoxy) is 1. The molecule has 1 aliphatic rings. The van der Waals surface area contributed by atoms with Crippen molar-refractivity contribution in [2.75, 3.05) is 24.6 Å². The standard InChI is InChI=1S/C17H22N4O3S/c1-4-24-17(23)13-9(2)12-15(19-10(3)20-16(12)25-13)21-7-5-6-11(8-21)14(18)22/h11H,4-8H2,1-3H3,(H2,18,22). The smallest absolute Gasteiger partial charge is 0.348 e. The van der Waals surface area contributed by atoms with Crippen LogP contribution < -0.4 is 10.6 Å². The van der Waals surface area contributed by atoms with Gasteiger partial charge < -0.3 is 15.4 Å². The van der Waals surface area contributed by atoms with Crippen LogP contribution in [0.1, 0.15) is 40.8 Å². The van der Waals surface area contributed by atoms with Crippen LogP contribution in [0.25, 0.3) is 10.2 Å². The molecule has 25 heavy (non-hydrogen) atoms. The van der Waals surface area contributed by atoms with Crippen LogP contribution in [0.15, 0.2) is 0 Å². The molecule has 2 aromatic heterocycles. The van der Waals surface area contributed by atoms with Gasteiger partial charge in [0.25, 0.3) is 0 Å². The summed E-state index contributed by atoms with van der Waals surface area (Å²) in [5, 5.41) is 0.865. The minimum absolute atomic E-state index is 0.178. The summed E-state index contributed by atoms with van der Waals surface area (Å²) in [5.41, 5.74) is 6.33. The molecule has 0 bridgehead atoms. The van der Waals surface area contributed by atoms with E-state index in [9.17, 15) is 9.59 Å². The highest BCUT2D eigenvalue weighted by Gasteiger charge is 2.28. The van der Waals surface area contributed by atoms with E-state index in [0.29, 0.717) is 23.9 Å². The van der Waals surface area contributed by atoms with Gasteiger partial charge in [-0.05, 0) is 39.2 Å². The van der Waals surface area contributed by atoms with Crippen LogP contribution in [0.2, 0.25) is 0 Å². The minimum Gasteiger partial charge on any atom is -0.462 e. The first-order chi connectivity index (χ1) is 11.9. The molecule has 2 N–H and O–H groups in total. The summed E-state index contributed by atoms with van der Waals surface area (Å²) in [4.78, 5) is 36.3. The average Bonchev–Trinajstić information content (AvgIpc) is 2.91. The van der Waals surface area contributed by atoms with E-state index >= 15 is 0 Å². The number of rotatable bonds is 4. The van der Waals surface area contributed by atoms with Gasteiger partial charge in [-0.15, -0.1) is 11.3 Å². The Balaban J connectivity index is 2.08. The summed E-state index contributed by atoms with van der Waals surface area (Å²) >= 11 is 1.33. The lowest BCUT2D eigenvalue weighted by molar-refractivity contribution is -0.122. The van der Waals surface area contributed by atoms with E-state index in [-0.39, 0.29) is 17.8 Å². The van der Waals surface area contributed by atoms with Crippen LogP contribution >= 0.6 is 11.3 Å². The molecular formula is C17H22N4O3S. The first kappa shape index (κ1) is 17.6. The van der Waals surface area contributed by atoms with E-state index in [1.54, 1.807) is 6.92 Å². The zero-order valence-corrected chi connectivity index (χ0v) is 15.5. The fourth-order valence-electron chi connectivity index (χ4n) is 3.24. The molecule has 0 aliphatic carbocycles. The molecule has 1 fully saturated rings. The van der Waals surface area contributed by atoms with E-state index in [4.69, 9.17) is 10.5 Å². The predicted octanol–water partition coefficient (Wildman–Crippen LogP) is 2.19. The summed E-state index contributed by atoms with van der Waals surface area (Å²) in [6, 6.07) is 0. The van der Waals surface area contributed by atoms with Crippen LogP contribution in [0.5, 0.6) is 0 Å². The number of nitrogens with two attached hydrogens (primary N) is 1. The van der Waals surface area contributed by atoms with Crippen molar-refractivity contribution in [2.24, 2.45) is 11.7 Å². The number of carbonyl (C=O) groups excluding carboxylic acids is 2. The number of hydrogen-bond donors (Lipinski definition) is 1. The van der Waals surface area contributed by atoms with Gasteiger partial charge in [0.15, 0.2) is 0 Å². The molecule has 0 saturated carbocycles. The Hall–Kier alpha value is -2.22. The molecule has 3 heterocycles. The number of fused-ring (bicyclic) bond motifs is 1. The van der Waals surface area contributed by atoms with E-state index in [1.807, 2.05) is 13.8 Å². The van der Waals surface area contributed by atoms with Crippen molar-refractivity contribution in [2.45, 2.75) is 33.6 Å². The second-order valence-corrected chi connectivity index (χ2v) is 7.24. The number of anilines is 1. The first-order valence-electron chi connectivity index (χ1n) is 8.41. The lowest BCUT2D eigenvalue weighted by Crippen LogP contribution is -2.41. The molecule has 1 atom stereocenters. The van der Waals surface area contributed by atoms with Gasteiger partial charge in [0, 0.05) is 13.1 Å². The summed E-state index contributed by atoms with van der Waals surface area (Å²) in [6.45, 7) is 7.19. The van der Waals surface area contributed by atoms with Crippen molar-refractivity contribution in [3.8, 4) is 0 Å². The molecule has 3 rings (SSSR count). The molecular weight excluding hydrogens is 340 g/mol. The molecule has 2 aromatic rings. The Kier molecular flexibility index (Phi) is 4.89. The number of aromatic nitrogens is 2. The third-order valence-corrected chi connectivity index (χ3v) is 5.63. The SMILES string of the molecule is CCOC(=O)c1sc2nc(C)nc(N3CCCC(C(N)=O)C3)c2c1C. The lowest BCUT2D eigenvalue weighted by atomic mass is 9.97. The second kappa shape index (κ2) is 6.95. The van der Waals surface area contributed by atoms with E-state index < -0.39 is 0 Å². The van der Waals surface area contributed by atoms with Crippen LogP contribution in [0.4, 0.5) is 5.82 Å². The van der Waals surface area contributed by atoms with Crippen LogP contribution in [0, 0.1) is 19.8 Å². The third-order valence-electron chi connectivity index (χ3n) is 4.47. The van der Waals surface area contributed by atoms with Crippen molar-refractivity contribution >= 4 is 39.2 Å². The topological polar surface area (TPSA) is 98.4 Å². The Morgan fingerprint density at radius 1 is 1.36 bits per heavy atom. The van der Waals surface area contributed by atoms with Crippen molar-refractivity contribution in [1.82, 2.24) is 9.97 Å². The maximum atomic E-state index is 12.2. The van der Waals surface area contributed by atoms with E-state index in [1.165, 1.54) is 11.3 Å². The maximum absolute atomic E-state index is 12.2. The van der Waals surface area contributed by atoms with Gasteiger partial charge in [0.2, 0.25) is 5.91 Å². The number of thiophene rings is 1. The molecule has 0 radical (unpaired) electrons. The molecule has 0 spiro atoms. The molecule has 1 saturated heterocycles. The number of nitrogens with zero attached hydrogens (tertiary/aromatic N) is 3. The van der Waals surface area contributed by atoms with Gasteiger partial charge in [0.1, 0.15) is 21.3 Å². The zero-order valence-electron chi connectivity index (χ0n) is 14.7. The van der Waals surface area contributed by atoms with Gasteiger partial charge in [-0.25, -0.2) is 14.8 Å². The van der Waals surface area contributed by atoms with Crippen LogP contribution in [-0.2, 0) is 9.53 Å². The van der Waals surface area contributed by atoms with Crippen molar-refractivity contribution in [3.63, 3.8) is 0 Å². The molecule has 8 heteroatoms. The molecule has 1 aliphatic heterocycles.